The van der Waals surface area contributed by atoms with Crippen LogP contribution in [0.25, 0.3) is 22.3 Å². The second-order valence-electron chi connectivity index (χ2n) is 22.3. The summed E-state index contributed by atoms with van der Waals surface area (Å²) in [4.78, 5) is 2.59. The van der Waals surface area contributed by atoms with Crippen molar-refractivity contribution in [2.75, 3.05) is 4.90 Å². The van der Waals surface area contributed by atoms with Gasteiger partial charge in [0.25, 0.3) is 0 Å². The fourth-order valence-corrected chi connectivity index (χ4v) is 16.5. The molecule has 8 fully saturated rings. The Balaban J connectivity index is 0.918. The second kappa shape index (κ2) is 11.3. The SMILES string of the molecule is CC1(C)c2ccccc2-c2c1ccc1c2C(C)(C)c2cc(N(c3ccc(C45CC6CC(CC(C6)C4)C5)cc3)c3ccc(C45CC6CC(CC(C6)C4)C5)cc3)ccc2-1. The van der Waals surface area contributed by atoms with E-state index in [1.165, 1.54) is 139 Å². The number of benzene rings is 5. The Morgan fingerprint density at radius 3 is 1.37 bits per heavy atom. The fourth-order valence-electron chi connectivity index (χ4n) is 16.5. The highest BCUT2D eigenvalue weighted by Gasteiger charge is 2.53. The molecule has 0 heterocycles. The van der Waals surface area contributed by atoms with Gasteiger partial charge in [-0.15, -0.1) is 0 Å². The molecule has 5 aromatic carbocycles. The Morgan fingerprint density at radius 2 is 0.860 bits per heavy atom. The molecular weight excluding hydrogens is 687 g/mol. The van der Waals surface area contributed by atoms with Crippen LogP contribution in [0.1, 0.15) is 138 Å². The summed E-state index contributed by atoms with van der Waals surface area (Å²) in [5.41, 5.74) is 19.4. The maximum atomic E-state index is 2.59. The fraction of sp³-hybridized carbons (Fsp3) is 0.464. The van der Waals surface area contributed by atoms with Gasteiger partial charge in [-0.1, -0.05) is 94.4 Å². The van der Waals surface area contributed by atoms with E-state index in [0.29, 0.717) is 10.8 Å². The number of fused-ring (bicyclic) bond motifs is 7. The Bertz CT molecular complexity index is 2320. The zero-order valence-corrected chi connectivity index (χ0v) is 34.7. The summed E-state index contributed by atoms with van der Waals surface area (Å²) >= 11 is 0. The van der Waals surface area contributed by atoms with E-state index in [1.54, 1.807) is 11.1 Å². The number of nitrogens with zero attached hydrogens (tertiary/aromatic N) is 1. The molecule has 0 saturated heterocycles. The quantitative estimate of drug-likeness (QED) is 0.173. The van der Waals surface area contributed by atoms with Gasteiger partial charge >= 0.3 is 0 Å². The molecule has 0 radical (unpaired) electrons. The number of hydrogen-bond acceptors (Lipinski definition) is 1. The van der Waals surface area contributed by atoms with Crippen molar-refractivity contribution in [2.45, 2.75) is 126 Å². The Morgan fingerprint density at radius 1 is 0.404 bits per heavy atom. The van der Waals surface area contributed by atoms with Crippen molar-refractivity contribution in [2.24, 2.45) is 35.5 Å². The van der Waals surface area contributed by atoms with E-state index in [2.05, 4.69) is 136 Å². The summed E-state index contributed by atoms with van der Waals surface area (Å²) in [6.45, 7) is 9.80. The molecule has 57 heavy (non-hydrogen) atoms. The first-order valence-electron chi connectivity index (χ1n) is 23.0. The molecule has 0 atom stereocenters. The lowest BCUT2D eigenvalue weighted by molar-refractivity contribution is -0.00529. The lowest BCUT2D eigenvalue weighted by Gasteiger charge is -2.57. The van der Waals surface area contributed by atoms with E-state index in [-0.39, 0.29) is 10.8 Å². The molecule has 0 unspecified atom stereocenters. The molecule has 0 N–H and O–H groups in total. The van der Waals surface area contributed by atoms with Gasteiger partial charge in [0.15, 0.2) is 0 Å². The van der Waals surface area contributed by atoms with E-state index >= 15 is 0 Å². The smallest absolute Gasteiger partial charge is 0.0465 e. The Hall–Kier alpha value is -4.10. The van der Waals surface area contributed by atoms with Gasteiger partial charge in [-0.05, 0) is 215 Å². The van der Waals surface area contributed by atoms with Gasteiger partial charge in [0, 0.05) is 27.9 Å². The van der Waals surface area contributed by atoms with Crippen molar-refractivity contribution in [1.29, 1.82) is 0 Å². The molecule has 288 valence electrons. The van der Waals surface area contributed by atoms with Gasteiger partial charge < -0.3 is 4.90 Å². The first-order valence-corrected chi connectivity index (χ1v) is 23.0. The van der Waals surface area contributed by atoms with Crippen LogP contribution in [0.2, 0.25) is 0 Å². The first kappa shape index (κ1) is 33.8. The largest absolute Gasteiger partial charge is 0.310 e. The predicted octanol–water partition coefficient (Wildman–Crippen LogP) is 14.7. The molecule has 5 aromatic rings. The Labute approximate surface area is 341 Å². The molecule has 8 bridgehead atoms. The van der Waals surface area contributed by atoms with Crippen LogP contribution >= 0.6 is 0 Å². The molecule has 0 spiro atoms. The van der Waals surface area contributed by atoms with E-state index < -0.39 is 0 Å². The van der Waals surface area contributed by atoms with Crippen LogP contribution in [0, 0.1) is 35.5 Å². The molecule has 15 rings (SSSR count). The van der Waals surface area contributed by atoms with Crippen LogP contribution in [0.5, 0.6) is 0 Å². The van der Waals surface area contributed by atoms with Gasteiger partial charge in [-0.2, -0.15) is 0 Å². The van der Waals surface area contributed by atoms with E-state index in [1.807, 2.05) is 0 Å². The van der Waals surface area contributed by atoms with Gasteiger partial charge in [0.1, 0.15) is 0 Å². The second-order valence-corrected chi connectivity index (χ2v) is 22.3. The molecule has 0 amide bonds. The van der Waals surface area contributed by atoms with Crippen molar-refractivity contribution < 1.29 is 0 Å². The first-order chi connectivity index (χ1) is 27.6. The third kappa shape index (κ3) is 4.64. The van der Waals surface area contributed by atoms with Crippen LogP contribution in [0.15, 0.2) is 103 Å². The van der Waals surface area contributed by atoms with E-state index in [4.69, 9.17) is 0 Å². The molecule has 0 aromatic heterocycles. The minimum atomic E-state index is -0.129. The van der Waals surface area contributed by atoms with Crippen LogP contribution in [-0.2, 0) is 21.7 Å². The molecule has 10 aliphatic rings. The molecule has 10 aliphatic carbocycles. The van der Waals surface area contributed by atoms with Crippen molar-refractivity contribution in [3.8, 4) is 22.3 Å². The normalized spacial score (nSPS) is 33.5. The van der Waals surface area contributed by atoms with Crippen LogP contribution in [0.3, 0.4) is 0 Å². The van der Waals surface area contributed by atoms with Gasteiger partial charge in [0.05, 0.1) is 0 Å². The molecule has 0 aliphatic heterocycles. The third-order valence-electron chi connectivity index (χ3n) is 18.2. The predicted molar refractivity (Wildman–Crippen MR) is 236 cm³/mol. The van der Waals surface area contributed by atoms with Crippen LogP contribution in [-0.4, -0.2) is 0 Å². The summed E-state index contributed by atoms with van der Waals surface area (Å²) in [5, 5.41) is 0. The van der Waals surface area contributed by atoms with Crippen molar-refractivity contribution >= 4 is 17.1 Å². The number of rotatable bonds is 5. The lowest BCUT2D eigenvalue weighted by Crippen LogP contribution is -2.48. The molecule has 1 heteroatoms. The van der Waals surface area contributed by atoms with Gasteiger partial charge in [-0.25, -0.2) is 0 Å². The topological polar surface area (TPSA) is 3.24 Å². The van der Waals surface area contributed by atoms with Crippen LogP contribution in [0.4, 0.5) is 17.1 Å². The average molecular weight is 746 g/mol. The van der Waals surface area contributed by atoms with Gasteiger partial charge in [-0.3, -0.25) is 0 Å². The van der Waals surface area contributed by atoms with Crippen molar-refractivity contribution in [3.05, 3.63) is 137 Å². The zero-order chi connectivity index (χ0) is 38.1. The van der Waals surface area contributed by atoms with Crippen molar-refractivity contribution in [1.82, 2.24) is 0 Å². The zero-order valence-electron chi connectivity index (χ0n) is 34.7. The maximum absolute atomic E-state index is 2.59. The number of hydrogen-bond donors (Lipinski definition) is 0. The standard InChI is InChI=1S/C56H59N/c1-53(2)48-8-6-5-7-47(48)51-49(53)20-19-46-45-18-17-44(27-50(45)54(3,4)52(46)51)57(42-13-9-40(10-14-42)55-28-34-21-35(29-55)23-36(22-34)30-55)43-15-11-41(12-16-43)56-31-37-24-38(32-56)26-39(25-37)33-56/h5-20,27,34-39H,21-26,28-33H2,1-4H3. The molecular formula is C56H59N. The highest BCUT2D eigenvalue weighted by molar-refractivity contribution is 5.95. The third-order valence-corrected chi connectivity index (χ3v) is 18.2. The van der Waals surface area contributed by atoms with Crippen LogP contribution < -0.4 is 4.90 Å². The van der Waals surface area contributed by atoms with Crippen molar-refractivity contribution in [3.63, 3.8) is 0 Å². The summed E-state index contributed by atoms with van der Waals surface area (Å²) in [5.74, 6) is 5.75. The maximum Gasteiger partial charge on any atom is 0.0465 e. The van der Waals surface area contributed by atoms with E-state index in [9.17, 15) is 0 Å². The minimum Gasteiger partial charge on any atom is -0.310 e. The highest BCUT2D eigenvalue weighted by atomic mass is 15.1. The summed E-state index contributed by atoms with van der Waals surface area (Å²) < 4.78 is 0. The lowest BCUT2D eigenvalue weighted by atomic mass is 9.48. The average Bonchev–Trinajstić information content (AvgIpc) is 3.57. The highest BCUT2D eigenvalue weighted by Crippen LogP contribution is 2.63. The summed E-state index contributed by atoms with van der Waals surface area (Å²) in [7, 11) is 0. The molecule has 1 nitrogen and oxygen atoms in total. The minimum absolute atomic E-state index is 0.00154. The molecule has 8 saturated carbocycles. The monoisotopic (exact) mass is 745 g/mol. The summed E-state index contributed by atoms with van der Waals surface area (Å²) in [6.07, 6.45) is 17.5. The summed E-state index contributed by atoms with van der Waals surface area (Å²) in [6, 6.07) is 41.7. The number of anilines is 3. The van der Waals surface area contributed by atoms with Gasteiger partial charge in [0.2, 0.25) is 0 Å². The Kier molecular flexibility index (Phi) is 6.73. The van der Waals surface area contributed by atoms with E-state index in [0.717, 1.165) is 35.5 Å².